The number of fused-ring (bicyclic) bond motifs is 1. The van der Waals surface area contributed by atoms with E-state index in [0.29, 0.717) is 24.5 Å². The lowest BCUT2D eigenvalue weighted by Gasteiger charge is -2.34. The molecule has 4 aromatic rings. The van der Waals surface area contributed by atoms with E-state index in [4.69, 9.17) is 4.98 Å². The SMILES string of the molecule is Cc1ccnc(NC(=O)c2ccc(-c3nc([C@@H]4CCCCN4C(=O)/C=C/CN(C)C)n4ccnc(C)c34)cc2)c1. The zero-order valence-electron chi connectivity index (χ0n) is 23.5. The highest BCUT2D eigenvalue weighted by Crippen LogP contribution is 2.35. The van der Waals surface area contributed by atoms with Gasteiger partial charge in [0.1, 0.15) is 11.6 Å². The summed E-state index contributed by atoms with van der Waals surface area (Å²) >= 11 is 0. The molecular formula is C31H35N7O2. The molecule has 0 saturated carbocycles. The van der Waals surface area contributed by atoms with Crippen molar-refractivity contribution in [2.75, 3.05) is 32.5 Å². The largest absolute Gasteiger partial charge is 0.329 e. The summed E-state index contributed by atoms with van der Waals surface area (Å²) in [6, 6.07) is 11.0. The third-order valence-electron chi connectivity index (χ3n) is 7.16. The minimum absolute atomic E-state index is 0.00842. The second-order valence-corrected chi connectivity index (χ2v) is 10.5. The molecule has 0 aliphatic carbocycles. The number of likely N-dealkylation sites (tertiary alicyclic amines) is 1. The number of imidazole rings is 1. The number of nitrogens with one attached hydrogen (secondary N) is 1. The van der Waals surface area contributed by atoms with Crippen LogP contribution in [0, 0.1) is 13.8 Å². The fraction of sp³-hybridized carbons (Fsp3) is 0.323. The van der Waals surface area contributed by atoms with E-state index in [1.54, 1.807) is 30.6 Å². The summed E-state index contributed by atoms with van der Waals surface area (Å²) in [5.74, 6) is 1.13. The van der Waals surface area contributed by atoms with E-state index in [0.717, 1.165) is 53.1 Å². The molecule has 2 amide bonds. The second-order valence-electron chi connectivity index (χ2n) is 10.5. The number of rotatable bonds is 7. The lowest BCUT2D eigenvalue weighted by Crippen LogP contribution is -2.38. The van der Waals surface area contributed by atoms with Gasteiger partial charge in [-0.2, -0.15) is 0 Å². The van der Waals surface area contributed by atoms with Crippen molar-refractivity contribution in [3.05, 3.63) is 89.8 Å². The first-order chi connectivity index (χ1) is 19.3. The summed E-state index contributed by atoms with van der Waals surface area (Å²) in [5.41, 5.74) is 4.97. The molecule has 5 rings (SSSR count). The molecule has 4 heterocycles. The van der Waals surface area contributed by atoms with Gasteiger partial charge in [0, 0.05) is 48.9 Å². The number of piperidine rings is 1. The van der Waals surface area contributed by atoms with Crippen LogP contribution in [0.5, 0.6) is 0 Å². The van der Waals surface area contributed by atoms with Crippen molar-refractivity contribution in [1.82, 2.24) is 29.2 Å². The second kappa shape index (κ2) is 11.8. The lowest BCUT2D eigenvalue weighted by molar-refractivity contribution is -0.130. The Bertz CT molecular complexity index is 1560. The number of aromatic nitrogens is 4. The number of hydrogen-bond acceptors (Lipinski definition) is 6. The first-order valence-corrected chi connectivity index (χ1v) is 13.6. The molecule has 1 fully saturated rings. The number of carbonyl (C=O) groups excluding carboxylic acids is 2. The standard InChI is InChI=1S/C31H35N7O2/c1-21-14-15-33-26(20-21)34-31(40)24-12-10-23(11-13-24)28-29-22(2)32-16-19-38(29)30(35-28)25-8-5-6-18-37(25)27(39)9-7-17-36(3)4/h7,9-16,19-20,25H,5-6,8,17-18H2,1-4H3,(H,33,34,40)/b9-7+/t25-/m0/s1. The van der Waals surface area contributed by atoms with E-state index in [9.17, 15) is 9.59 Å². The topological polar surface area (TPSA) is 95.7 Å². The predicted molar refractivity (Wildman–Crippen MR) is 156 cm³/mol. The quantitative estimate of drug-likeness (QED) is 0.339. The molecule has 0 bridgehead atoms. The number of pyridine rings is 1. The van der Waals surface area contributed by atoms with E-state index >= 15 is 0 Å². The minimum Gasteiger partial charge on any atom is -0.329 e. The summed E-state index contributed by atoms with van der Waals surface area (Å²) in [6.07, 6.45) is 11.8. The predicted octanol–water partition coefficient (Wildman–Crippen LogP) is 4.83. The number of carbonyl (C=O) groups is 2. The highest BCUT2D eigenvalue weighted by Gasteiger charge is 2.31. The average Bonchev–Trinajstić information content (AvgIpc) is 3.34. The summed E-state index contributed by atoms with van der Waals surface area (Å²) < 4.78 is 2.07. The third kappa shape index (κ3) is 5.79. The van der Waals surface area contributed by atoms with Gasteiger partial charge in [-0.25, -0.2) is 9.97 Å². The van der Waals surface area contributed by atoms with E-state index < -0.39 is 0 Å². The van der Waals surface area contributed by atoms with Gasteiger partial charge in [0.2, 0.25) is 5.91 Å². The Morgan fingerprint density at radius 3 is 2.62 bits per heavy atom. The van der Waals surface area contributed by atoms with Gasteiger partial charge in [0.05, 0.1) is 22.9 Å². The molecule has 1 atom stereocenters. The summed E-state index contributed by atoms with van der Waals surface area (Å²) in [7, 11) is 3.96. The van der Waals surface area contributed by atoms with Gasteiger partial charge in [-0.15, -0.1) is 0 Å². The molecular weight excluding hydrogens is 502 g/mol. The number of nitrogens with zero attached hydrogens (tertiary/aromatic N) is 6. The van der Waals surface area contributed by atoms with Crippen LogP contribution in [0.2, 0.25) is 0 Å². The third-order valence-corrected chi connectivity index (χ3v) is 7.16. The summed E-state index contributed by atoms with van der Waals surface area (Å²) in [5, 5.41) is 2.85. The molecule has 1 saturated heterocycles. The van der Waals surface area contributed by atoms with Gasteiger partial charge in [0.25, 0.3) is 5.91 Å². The van der Waals surface area contributed by atoms with Gasteiger partial charge < -0.3 is 15.1 Å². The fourth-order valence-corrected chi connectivity index (χ4v) is 5.15. The van der Waals surface area contributed by atoms with Crippen LogP contribution in [0.25, 0.3) is 16.8 Å². The number of likely N-dealkylation sites (N-methyl/N-ethyl adjacent to an activating group) is 1. The Morgan fingerprint density at radius 1 is 1.07 bits per heavy atom. The lowest BCUT2D eigenvalue weighted by atomic mass is 10.0. The van der Waals surface area contributed by atoms with Crippen LogP contribution in [0.1, 0.15) is 52.7 Å². The van der Waals surface area contributed by atoms with Crippen LogP contribution in [-0.2, 0) is 4.79 Å². The number of anilines is 1. The van der Waals surface area contributed by atoms with E-state index in [1.807, 2.05) is 74.3 Å². The Labute approximate surface area is 234 Å². The number of amides is 2. The van der Waals surface area contributed by atoms with Crippen molar-refractivity contribution in [3.8, 4) is 11.3 Å². The zero-order chi connectivity index (χ0) is 28.2. The van der Waals surface area contributed by atoms with Crippen LogP contribution >= 0.6 is 0 Å². The Morgan fingerprint density at radius 2 is 1.88 bits per heavy atom. The highest BCUT2D eigenvalue weighted by molar-refractivity contribution is 6.04. The molecule has 1 N–H and O–H groups in total. The van der Waals surface area contributed by atoms with Crippen LogP contribution in [0.15, 0.2) is 67.1 Å². The first kappa shape index (κ1) is 27.2. The average molecular weight is 538 g/mol. The molecule has 1 aliphatic heterocycles. The fourth-order valence-electron chi connectivity index (χ4n) is 5.15. The molecule has 0 unspecified atom stereocenters. The van der Waals surface area contributed by atoms with E-state index in [2.05, 4.69) is 19.7 Å². The van der Waals surface area contributed by atoms with Crippen LogP contribution < -0.4 is 5.32 Å². The minimum atomic E-state index is -0.225. The van der Waals surface area contributed by atoms with E-state index in [1.165, 1.54) is 0 Å². The molecule has 40 heavy (non-hydrogen) atoms. The maximum Gasteiger partial charge on any atom is 0.256 e. The maximum atomic E-state index is 13.2. The highest BCUT2D eigenvalue weighted by atomic mass is 16.2. The Hall–Kier alpha value is -4.37. The molecule has 9 heteroatoms. The Kier molecular flexibility index (Phi) is 8.02. The molecule has 3 aromatic heterocycles. The van der Waals surface area contributed by atoms with Gasteiger partial charge in [-0.3, -0.25) is 19.0 Å². The van der Waals surface area contributed by atoms with Gasteiger partial charge in [-0.1, -0.05) is 18.2 Å². The molecule has 1 aliphatic rings. The van der Waals surface area contributed by atoms with E-state index in [-0.39, 0.29) is 17.9 Å². The smallest absolute Gasteiger partial charge is 0.256 e. The first-order valence-electron chi connectivity index (χ1n) is 13.6. The molecule has 1 aromatic carbocycles. The van der Waals surface area contributed by atoms with Crippen molar-refractivity contribution >= 4 is 23.1 Å². The summed E-state index contributed by atoms with van der Waals surface area (Å²) in [6.45, 7) is 5.33. The Balaban J connectivity index is 1.46. The number of benzene rings is 1. The van der Waals surface area contributed by atoms with Crippen molar-refractivity contribution in [2.24, 2.45) is 0 Å². The van der Waals surface area contributed by atoms with Crippen molar-refractivity contribution in [3.63, 3.8) is 0 Å². The summed E-state index contributed by atoms with van der Waals surface area (Å²) in [4.78, 5) is 43.9. The molecule has 9 nitrogen and oxygen atoms in total. The maximum absolute atomic E-state index is 13.2. The van der Waals surface area contributed by atoms with Gasteiger partial charge in [0.15, 0.2) is 0 Å². The van der Waals surface area contributed by atoms with Crippen molar-refractivity contribution in [1.29, 1.82) is 0 Å². The van der Waals surface area contributed by atoms with Crippen LogP contribution in [0.3, 0.4) is 0 Å². The van der Waals surface area contributed by atoms with Gasteiger partial charge >= 0.3 is 0 Å². The zero-order valence-corrected chi connectivity index (χ0v) is 23.5. The van der Waals surface area contributed by atoms with Crippen LogP contribution in [-0.4, -0.2) is 68.2 Å². The molecule has 0 spiro atoms. The number of aryl methyl sites for hydroxylation is 2. The molecule has 0 radical (unpaired) electrons. The monoisotopic (exact) mass is 537 g/mol. The van der Waals surface area contributed by atoms with Gasteiger partial charge in [-0.05, 0) is 77.0 Å². The normalized spacial score (nSPS) is 15.7. The van der Waals surface area contributed by atoms with Crippen molar-refractivity contribution < 1.29 is 9.59 Å². The molecule has 206 valence electrons. The van der Waals surface area contributed by atoms with Crippen LogP contribution in [0.4, 0.5) is 5.82 Å². The number of hydrogen-bond donors (Lipinski definition) is 1. The van der Waals surface area contributed by atoms with Crippen molar-refractivity contribution in [2.45, 2.75) is 39.2 Å².